The lowest BCUT2D eigenvalue weighted by atomic mass is 10.1. The van der Waals surface area contributed by atoms with Crippen molar-refractivity contribution in [2.75, 3.05) is 26.3 Å². The van der Waals surface area contributed by atoms with Crippen molar-refractivity contribution in [1.29, 1.82) is 0 Å². The second-order valence-electron chi connectivity index (χ2n) is 7.38. The molecule has 1 atom stereocenters. The lowest BCUT2D eigenvalue weighted by Gasteiger charge is -2.35. The van der Waals surface area contributed by atoms with Crippen LogP contribution in [0.1, 0.15) is 11.6 Å². The molecular formula is C24H24N4O2. The van der Waals surface area contributed by atoms with E-state index in [2.05, 4.69) is 38.7 Å². The summed E-state index contributed by atoms with van der Waals surface area (Å²) < 4.78 is 13.6. The van der Waals surface area contributed by atoms with E-state index >= 15 is 0 Å². The number of hydrogen-bond donors (Lipinski definition) is 0. The van der Waals surface area contributed by atoms with Gasteiger partial charge in [-0.3, -0.25) is 9.88 Å². The predicted molar refractivity (Wildman–Crippen MR) is 115 cm³/mol. The summed E-state index contributed by atoms with van der Waals surface area (Å²) in [6, 6.07) is 18.6. The van der Waals surface area contributed by atoms with Crippen molar-refractivity contribution in [2.24, 2.45) is 0 Å². The highest BCUT2D eigenvalue weighted by atomic mass is 16.5. The fourth-order valence-corrected chi connectivity index (χ4v) is 4.09. The van der Waals surface area contributed by atoms with Gasteiger partial charge in [-0.25, -0.2) is 4.98 Å². The minimum Gasteiger partial charge on any atom is -0.463 e. The Morgan fingerprint density at radius 2 is 1.73 bits per heavy atom. The average molecular weight is 400 g/mol. The molecule has 1 saturated heterocycles. The molecule has 0 saturated carbocycles. The van der Waals surface area contributed by atoms with Crippen molar-refractivity contribution in [1.82, 2.24) is 19.4 Å². The molecule has 0 radical (unpaired) electrons. The van der Waals surface area contributed by atoms with Gasteiger partial charge in [0.2, 0.25) is 0 Å². The van der Waals surface area contributed by atoms with E-state index in [9.17, 15) is 0 Å². The topological polar surface area (TPSA) is 56.3 Å². The minimum absolute atomic E-state index is 0.198. The van der Waals surface area contributed by atoms with Gasteiger partial charge in [0.25, 0.3) is 0 Å². The summed E-state index contributed by atoms with van der Waals surface area (Å²) in [6.07, 6.45) is 7.36. The fraction of sp³-hybridized carbons (Fsp3) is 0.250. The maximum absolute atomic E-state index is 5.81. The number of rotatable bonds is 6. The van der Waals surface area contributed by atoms with Crippen LogP contribution in [0, 0.1) is 0 Å². The highest BCUT2D eigenvalue weighted by Crippen LogP contribution is 2.34. The number of furan rings is 1. The summed E-state index contributed by atoms with van der Waals surface area (Å²) in [4.78, 5) is 11.5. The molecule has 0 aliphatic carbocycles. The standard InChI is InChI=1S/C24H24N4O2/c1-2-5-20(6-3-1)23-24(22-7-4-14-30-22)28(18-26-23)17-21(19-8-10-25-11-9-19)27-12-15-29-16-13-27/h1-11,14,18,21H,12-13,15-17H2. The summed E-state index contributed by atoms with van der Waals surface area (Å²) in [6.45, 7) is 4.09. The number of pyridine rings is 1. The Labute approximate surface area is 175 Å². The van der Waals surface area contributed by atoms with Crippen molar-refractivity contribution < 1.29 is 9.15 Å². The Hall–Kier alpha value is -3.22. The van der Waals surface area contributed by atoms with Crippen molar-refractivity contribution in [3.63, 3.8) is 0 Å². The Morgan fingerprint density at radius 3 is 2.47 bits per heavy atom. The quantitative estimate of drug-likeness (QED) is 0.484. The summed E-state index contributed by atoms with van der Waals surface area (Å²) in [5.74, 6) is 0.821. The fourth-order valence-electron chi connectivity index (χ4n) is 4.09. The molecule has 1 aromatic carbocycles. The zero-order chi connectivity index (χ0) is 20.2. The number of aromatic nitrogens is 3. The molecule has 1 aliphatic rings. The molecule has 5 rings (SSSR count). The molecule has 0 spiro atoms. The van der Waals surface area contributed by atoms with Crippen LogP contribution in [-0.2, 0) is 11.3 Å². The molecule has 0 amide bonds. The van der Waals surface area contributed by atoms with Gasteiger partial charge in [0.15, 0.2) is 5.76 Å². The average Bonchev–Trinajstić information content (AvgIpc) is 3.49. The van der Waals surface area contributed by atoms with E-state index < -0.39 is 0 Å². The molecule has 152 valence electrons. The van der Waals surface area contributed by atoms with Gasteiger partial charge in [-0.2, -0.15) is 0 Å². The predicted octanol–water partition coefficient (Wildman–Crippen LogP) is 4.28. The molecule has 3 aromatic heterocycles. The van der Waals surface area contributed by atoms with Crippen molar-refractivity contribution in [2.45, 2.75) is 12.6 Å². The molecule has 1 unspecified atom stereocenters. The van der Waals surface area contributed by atoms with Crippen molar-refractivity contribution in [3.8, 4) is 22.7 Å². The van der Waals surface area contributed by atoms with Gasteiger partial charge in [-0.15, -0.1) is 0 Å². The first-order valence-electron chi connectivity index (χ1n) is 10.3. The van der Waals surface area contributed by atoms with E-state index in [0.717, 1.165) is 55.6 Å². The monoisotopic (exact) mass is 400 g/mol. The smallest absolute Gasteiger partial charge is 0.152 e. The number of benzene rings is 1. The number of morpholine rings is 1. The SMILES string of the molecule is c1ccc(-c2ncn(CC(c3ccncc3)N3CCOCC3)c2-c2ccco2)cc1. The van der Waals surface area contributed by atoms with Crippen molar-refractivity contribution >= 4 is 0 Å². The zero-order valence-corrected chi connectivity index (χ0v) is 16.7. The molecular weight excluding hydrogens is 376 g/mol. The Balaban J connectivity index is 1.56. The lowest BCUT2D eigenvalue weighted by molar-refractivity contribution is 0.0124. The summed E-state index contributed by atoms with van der Waals surface area (Å²) in [5, 5.41) is 0. The van der Waals surface area contributed by atoms with Crippen LogP contribution in [0.15, 0.2) is 84.0 Å². The van der Waals surface area contributed by atoms with E-state index in [-0.39, 0.29) is 6.04 Å². The van der Waals surface area contributed by atoms with Crippen LogP contribution in [-0.4, -0.2) is 45.7 Å². The number of hydrogen-bond acceptors (Lipinski definition) is 5. The van der Waals surface area contributed by atoms with Crippen LogP contribution in [0.5, 0.6) is 0 Å². The van der Waals surface area contributed by atoms with Crippen LogP contribution in [0.2, 0.25) is 0 Å². The molecule has 4 heterocycles. The maximum atomic E-state index is 5.81. The van der Waals surface area contributed by atoms with Gasteiger partial charge in [-0.05, 0) is 29.8 Å². The van der Waals surface area contributed by atoms with E-state index in [1.165, 1.54) is 5.56 Å². The van der Waals surface area contributed by atoms with E-state index in [4.69, 9.17) is 14.1 Å². The normalized spacial score (nSPS) is 15.9. The van der Waals surface area contributed by atoms with E-state index in [1.807, 2.05) is 49.1 Å². The molecule has 30 heavy (non-hydrogen) atoms. The third-order valence-corrected chi connectivity index (χ3v) is 5.59. The molecule has 0 N–H and O–H groups in total. The maximum Gasteiger partial charge on any atom is 0.152 e. The van der Waals surface area contributed by atoms with Gasteiger partial charge in [0, 0.05) is 37.6 Å². The highest BCUT2D eigenvalue weighted by molar-refractivity contribution is 5.76. The Bertz CT molecular complexity index is 1060. The van der Waals surface area contributed by atoms with Gasteiger partial charge >= 0.3 is 0 Å². The first-order chi connectivity index (χ1) is 14.9. The first-order valence-corrected chi connectivity index (χ1v) is 10.3. The van der Waals surface area contributed by atoms with Crippen LogP contribution in [0.3, 0.4) is 0 Å². The second-order valence-corrected chi connectivity index (χ2v) is 7.38. The Morgan fingerprint density at radius 1 is 0.933 bits per heavy atom. The summed E-state index contributed by atoms with van der Waals surface area (Å²) >= 11 is 0. The molecule has 4 aromatic rings. The third-order valence-electron chi connectivity index (χ3n) is 5.59. The van der Waals surface area contributed by atoms with Gasteiger partial charge in [-0.1, -0.05) is 30.3 Å². The second kappa shape index (κ2) is 8.65. The van der Waals surface area contributed by atoms with Crippen LogP contribution < -0.4 is 0 Å². The third kappa shape index (κ3) is 3.79. The number of ether oxygens (including phenoxy) is 1. The van der Waals surface area contributed by atoms with Gasteiger partial charge in [0.05, 0.1) is 37.5 Å². The number of imidazole rings is 1. The van der Waals surface area contributed by atoms with Gasteiger partial charge < -0.3 is 13.7 Å². The van der Waals surface area contributed by atoms with Crippen LogP contribution >= 0.6 is 0 Å². The minimum atomic E-state index is 0.198. The molecule has 6 heteroatoms. The Kier molecular flexibility index (Phi) is 5.42. The first kappa shape index (κ1) is 18.8. The van der Waals surface area contributed by atoms with E-state index in [0.29, 0.717) is 0 Å². The molecule has 0 bridgehead atoms. The molecule has 6 nitrogen and oxygen atoms in total. The highest BCUT2D eigenvalue weighted by Gasteiger charge is 2.26. The van der Waals surface area contributed by atoms with Crippen LogP contribution in [0.25, 0.3) is 22.7 Å². The summed E-state index contributed by atoms with van der Waals surface area (Å²) in [5.41, 5.74) is 4.25. The van der Waals surface area contributed by atoms with Crippen molar-refractivity contribution in [3.05, 3.63) is 85.1 Å². The number of nitrogens with zero attached hydrogens (tertiary/aromatic N) is 4. The van der Waals surface area contributed by atoms with Crippen LogP contribution in [0.4, 0.5) is 0 Å². The van der Waals surface area contributed by atoms with Gasteiger partial charge in [0.1, 0.15) is 5.69 Å². The lowest BCUT2D eigenvalue weighted by Crippen LogP contribution is -2.40. The van der Waals surface area contributed by atoms with E-state index in [1.54, 1.807) is 6.26 Å². The molecule has 1 fully saturated rings. The zero-order valence-electron chi connectivity index (χ0n) is 16.7. The summed E-state index contributed by atoms with van der Waals surface area (Å²) in [7, 11) is 0. The molecule has 1 aliphatic heterocycles. The largest absolute Gasteiger partial charge is 0.463 e.